The van der Waals surface area contributed by atoms with Crippen LogP contribution >= 0.6 is 0 Å². The van der Waals surface area contributed by atoms with Crippen molar-refractivity contribution in [3.05, 3.63) is 42.2 Å². The Morgan fingerprint density at radius 3 is 2.60 bits per heavy atom. The van der Waals surface area contributed by atoms with E-state index in [1.165, 1.54) is 6.20 Å². The van der Waals surface area contributed by atoms with Crippen LogP contribution in [-0.2, 0) is 4.79 Å². The number of aromatic nitrogens is 2. The maximum Gasteiger partial charge on any atom is 0.248 e. The molecular formula is C17H21N5O3. The number of Topliss-reactive ketones (excluding diaryl/α,β-unsaturated/α-hetero) is 1. The molecule has 1 aromatic carbocycles. The van der Waals surface area contributed by atoms with Gasteiger partial charge in [-0.15, -0.1) is 0 Å². The van der Waals surface area contributed by atoms with Gasteiger partial charge in [0.15, 0.2) is 5.82 Å². The summed E-state index contributed by atoms with van der Waals surface area (Å²) < 4.78 is 5.65. The third-order valence-electron chi connectivity index (χ3n) is 3.35. The first-order valence-corrected chi connectivity index (χ1v) is 7.77. The van der Waals surface area contributed by atoms with Crippen LogP contribution < -0.4 is 20.7 Å². The summed E-state index contributed by atoms with van der Waals surface area (Å²) in [5.74, 6) is 1.12. The second-order valence-corrected chi connectivity index (χ2v) is 5.51. The highest BCUT2D eigenvalue weighted by Gasteiger charge is 2.07. The van der Waals surface area contributed by atoms with Gasteiger partial charge in [-0.2, -0.15) is 4.98 Å². The van der Waals surface area contributed by atoms with Gasteiger partial charge in [0.2, 0.25) is 11.8 Å². The first kappa shape index (κ1) is 18.3. The molecule has 2 aromatic rings. The first-order chi connectivity index (χ1) is 12.0. The number of benzene rings is 1. The van der Waals surface area contributed by atoms with E-state index in [9.17, 15) is 9.59 Å². The van der Waals surface area contributed by atoms with Crippen LogP contribution in [0.4, 0.5) is 5.82 Å². The third-order valence-corrected chi connectivity index (χ3v) is 3.35. The fourth-order valence-corrected chi connectivity index (χ4v) is 2.01. The maximum absolute atomic E-state index is 11.1. The second-order valence-electron chi connectivity index (χ2n) is 5.51. The van der Waals surface area contributed by atoms with Gasteiger partial charge in [0.1, 0.15) is 11.5 Å². The lowest BCUT2D eigenvalue weighted by molar-refractivity contribution is -0.116. The average molecular weight is 343 g/mol. The zero-order valence-electron chi connectivity index (χ0n) is 14.2. The summed E-state index contributed by atoms with van der Waals surface area (Å²) >= 11 is 0. The van der Waals surface area contributed by atoms with E-state index in [1.807, 2.05) is 11.9 Å². The minimum atomic E-state index is -0.492. The fourth-order valence-electron chi connectivity index (χ4n) is 2.01. The summed E-state index contributed by atoms with van der Waals surface area (Å²) in [4.78, 5) is 32.4. The zero-order valence-corrected chi connectivity index (χ0v) is 14.2. The molecule has 0 spiro atoms. The molecule has 0 saturated heterocycles. The Balaban J connectivity index is 1.95. The number of primary amides is 1. The number of amides is 1. The highest BCUT2D eigenvalue weighted by Crippen LogP contribution is 2.21. The Labute approximate surface area is 146 Å². The number of rotatable bonds is 9. The molecule has 1 heterocycles. The van der Waals surface area contributed by atoms with Crippen molar-refractivity contribution in [3.63, 3.8) is 0 Å². The monoisotopic (exact) mass is 343 g/mol. The summed E-state index contributed by atoms with van der Waals surface area (Å²) in [6.07, 6.45) is 3.14. The van der Waals surface area contributed by atoms with Crippen LogP contribution in [0.15, 0.2) is 36.7 Å². The molecule has 1 aromatic heterocycles. The van der Waals surface area contributed by atoms with E-state index in [0.717, 1.165) is 0 Å². The molecule has 0 saturated carbocycles. The molecule has 0 radical (unpaired) electrons. The van der Waals surface area contributed by atoms with Gasteiger partial charge in [-0.1, -0.05) is 0 Å². The lowest BCUT2D eigenvalue weighted by Crippen LogP contribution is -2.32. The SMILES string of the molecule is CC(=O)CNCCN(C)c1cncc(Oc2ccc(C(N)=O)cc2)n1. The van der Waals surface area contributed by atoms with Gasteiger partial charge in [-0.3, -0.25) is 14.6 Å². The minimum absolute atomic E-state index is 0.0974. The Hall–Kier alpha value is -3.00. The predicted octanol–water partition coefficient (Wildman–Crippen LogP) is 0.983. The van der Waals surface area contributed by atoms with Crippen molar-refractivity contribution in [2.24, 2.45) is 5.73 Å². The smallest absolute Gasteiger partial charge is 0.248 e. The highest BCUT2D eigenvalue weighted by atomic mass is 16.5. The number of hydrogen-bond donors (Lipinski definition) is 2. The number of ether oxygens (including phenoxy) is 1. The van der Waals surface area contributed by atoms with E-state index < -0.39 is 5.91 Å². The molecule has 25 heavy (non-hydrogen) atoms. The Bertz CT molecular complexity index is 733. The summed E-state index contributed by atoms with van der Waals surface area (Å²) in [5.41, 5.74) is 5.61. The Morgan fingerprint density at radius 1 is 1.24 bits per heavy atom. The van der Waals surface area contributed by atoms with Gasteiger partial charge in [0.25, 0.3) is 0 Å². The van der Waals surface area contributed by atoms with Crippen LogP contribution in [0.25, 0.3) is 0 Å². The standard InChI is InChI=1S/C17H21N5O3/c1-12(23)9-19-7-8-22(2)15-10-20-11-16(21-15)25-14-5-3-13(4-6-14)17(18)24/h3-6,10-11,19H,7-9H2,1-2H3,(H2,18,24). The molecule has 0 aliphatic rings. The van der Waals surface area contributed by atoms with E-state index in [4.69, 9.17) is 10.5 Å². The fraction of sp³-hybridized carbons (Fsp3) is 0.294. The largest absolute Gasteiger partial charge is 0.437 e. The number of carbonyl (C=O) groups is 2. The number of likely N-dealkylation sites (N-methyl/N-ethyl adjacent to an activating group) is 1. The second kappa shape index (κ2) is 8.74. The Kier molecular flexibility index (Phi) is 6.41. The van der Waals surface area contributed by atoms with Gasteiger partial charge >= 0.3 is 0 Å². The quantitative estimate of drug-likeness (QED) is 0.653. The molecule has 0 unspecified atom stereocenters. The normalized spacial score (nSPS) is 10.3. The van der Waals surface area contributed by atoms with Crippen molar-refractivity contribution >= 4 is 17.5 Å². The molecule has 0 bridgehead atoms. The van der Waals surface area contributed by atoms with Crippen molar-refractivity contribution in [1.82, 2.24) is 15.3 Å². The summed E-state index contributed by atoms with van der Waals surface area (Å²) in [7, 11) is 1.88. The van der Waals surface area contributed by atoms with Crippen LogP contribution in [0, 0.1) is 0 Å². The topological polar surface area (TPSA) is 110 Å². The van der Waals surface area contributed by atoms with Crippen molar-refractivity contribution in [2.45, 2.75) is 6.92 Å². The molecule has 0 atom stereocenters. The van der Waals surface area contributed by atoms with Crippen LogP contribution in [0.5, 0.6) is 11.6 Å². The highest BCUT2D eigenvalue weighted by molar-refractivity contribution is 5.92. The number of nitrogens with one attached hydrogen (secondary N) is 1. The maximum atomic E-state index is 11.1. The zero-order chi connectivity index (χ0) is 18.2. The lowest BCUT2D eigenvalue weighted by Gasteiger charge is -2.18. The molecule has 1 amide bonds. The molecule has 8 nitrogen and oxygen atoms in total. The van der Waals surface area contributed by atoms with E-state index in [0.29, 0.717) is 42.6 Å². The van der Waals surface area contributed by atoms with Gasteiger partial charge in [-0.25, -0.2) is 0 Å². The molecular weight excluding hydrogens is 322 g/mol. The number of ketones is 1. The number of nitrogens with two attached hydrogens (primary N) is 1. The van der Waals surface area contributed by atoms with Crippen LogP contribution in [-0.4, -0.2) is 48.3 Å². The van der Waals surface area contributed by atoms with E-state index >= 15 is 0 Å². The van der Waals surface area contributed by atoms with Gasteiger partial charge in [0.05, 0.1) is 18.9 Å². The van der Waals surface area contributed by atoms with E-state index in [1.54, 1.807) is 37.4 Å². The van der Waals surface area contributed by atoms with E-state index in [-0.39, 0.29) is 5.78 Å². The van der Waals surface area contributed by atoms with Gasteiger partial charge in [0, 0.05) is 25.7 Å². The van der Waals surface area contributed by atoms with E-state index in [2.05, 4.69) is 15.3 Å². The van der Waals surface area contributed by atoms with Crippen LogP contribution in [0.3, 0.4) is 0 Å². The molecule has 0 fully saturated rings. The predicted molar refractivity (Wildman–Crippen MR) is 93.9 cm³/mol. The van der Waals surface area contributed by atoms with Crippen LogP contribution in [0.2, 0.25) is 0 Å². The number of carbonyl (C=O) groups excluding carboxylic acids is 2. The number of nitrogens with zero attached hydrogens (tertiary/aromatic N) is 3. The van der Waals surface area contributed by atoms with Gasteiger partial charge in [-0.05, 0) is 31.2 Å². The molecule has 8 heteroatoms. The first-order valence-electron chi connectivity index (χ1n) is 7.77. The lowest BCUT2D eigenvalue weighted by atomic mass is 10.2. The third kappa shape index (κ3) is 5.85. The van der Waals surface area contributed by atoms with Crippen molar-refractivity contribution in [3.8, 4) is 11.6 Å². The molecule has 0 aliphatic carbocycles. The van der Waals surface area contributed by atoms with Crippen molar-refractivity contribution in [1.29, 1.82) is 0 Å². The van der Waals surface area contributed by atoms with Gasteiger partial charge < -0.3 is 20.7 Å². The number of anilines is 1. The summed E-state index contributed by atoms with van der Waals surface area (Å²) in [5, 5.41) is 3.05. The summed E-state index contributed by atoms with van der Waals surface area (Å²) in [6.45, 7) is 3.21. The molecule has 132 valence electrons. The van der Waals surface area contributed by atoms with Crippen LogP contribution in [0.1, 0.15) is 17.3 Å². The summed E-state index contributed by atoms with van der Waals surface area (Å²) in [6, 6.07) is 6.46. The number of hydrogen-bond acceptors (Lipinski definition) is 7. The Morgan fingerprint density at radius 2 is 1.96 bits per heavy atom. The minimum Gasteiger partial charge on any atom is -0.437 e. The molecule has 0 aliphatic heterocycles. The molecule has 3 N–H and O–H groups in total. The molecule has 2 rings (SSSR count). The van der Waals surface area contributed by atoms with Crippen molar-refractivity contribution in [2.75, 3.05) is 31.6 Å². The average Bonchev–Trinajstić information content (AvgIpc) is 2.59. The van der Waals surface area contributed by atoms with Crippen molar-refractivity contribution < 1.29 is 14.3 Å².